The number of ether oxygens (including phenoxy) is 1. The van der Waals surface area contributed by atoms with Crippen molar-refractivity contribution in [3.05, 3.63) is 84.8 Å². The lowest BCUT2D eigenvalue weighted by Crippen LogP contribution is -2.05. The Labute approximate surface area is 172 Å². The van der Waals surface area contributed by atoms with Crippen molar-refractivity contribution in [3.63, 3.8) is 0 Å². The maximum absolute atomic E-state index is 13.3. The zero-order chi connectivity index (χ0) is 20.4. The van der Waals surface area contributed by atoms with Gasteiger partial charge in [0.2, 0.25) is 9.84 Å². The molecule has 146 valence electrons. The third kappa shape index (κ3) is 3.83. The molecule has 0 aliphatic heterocycles. The van der Waals surface area contributed by atoms with E-state index in [1.165, 1.54) is 30.1 Å². The topological polar surface area (TPSA) is 56.3 Å². The molecule has 1 heterocycles. The second-order valence-electron chi connectivity index (χ2n) is 6.21. The predicted molar refractivity (Wildman–Crippen MR) is 111 cm³/mol. The lowest BCUT2D eigenvalue weighted by atomic mass is 10.2. The molecular formula is C22H16FNO3S2. The van der Waals surface area contributed by atoms with E-state index in [-0.39, 0.29) is 9.79 Å². The maximum Gasteiger partial charge on any atom is 0.209 e. The zero-order valence-electron chi connectivity index (χ0n) is 15.4. The first-order valence-corrected chi connectivity index (χ1v) is 11.0. The molecule has 0 saturated carbocycles. The summed E-state index contributed by atoms with van der Waals surface area (Å²) < 4.78 is 45.3. The predicted octanol–water partition coefficient (Wildman–Crippen LogP) is 5.37. The van der Waals surface area contributed by atoms with Crippen molar-refractivity contribution in [2.75, 3.05) is 7.11 Å². The fraction of sp³-hybridized carbons (Fsp3) is 0.0455. The molecule has 0 N–H and O–H groups in total. The Morgan fingerprint density at radius 1 is 0.966 bits per heavy atom. The SMILES string of the molecule is COc1ccc2ncc(S(=O)(=O)c3ccc(F)cc3)c(Sc3ccccc3)c2c1. The first-order chi connectivity index (χ1) is 14.0. The van der Waals surface area contributed by atoms with Crippen LogP contribution in [0.1, 0.15) is 0 Å². The maximum atomic E-state index is 13.3. The Balaban J connectivity index is 1.97. The Morgan fingerprint density at radius 3 is 2.38 bits per heavy atom. The van der Waals surface area contributed by atoms with Gasteiger partial charge in [-0.3, -0.25) is 4.98 Å². The van der Waals surface area contributed by atoms with Crippen LogP contribution in [0.3, 0.4) is 0 Å². The van der Waals surface area contributed by atoms with E-state index in [2.05, 4.69) is 4.98 Å². The number of benzene rings is 3. The van der Waals surface area contributed by atoms with Crippen LogP contribution < -0.4 is 4.74 Å². The van der Waals surface area contributed by atoms with Gasteiger partial charge in [0.15, 0.2) is 0 Å². The summed E-state index contributed by atoms with van der Waals surface area (Å²) >= 11 is 1.34. The number of aromatic nitrogens is 1. The number of pyridine rings is 1. The smallest absolute Gasteiger partial charge is 0.209 e. The van der Waals surface area contributed by atoms with E-state index in [1.807, 2.05) is 30.3 Å². The standard InChI is InChI=1S/C22H16FNO3S2/c1-27-16-9-12-20-19(13-16)22(28-17-5-3-2-4-6-17)21(14-24-20)29(25,26)18-10-7-15(23)8-11-18/h2-14H,1H3. The summed E-state index contributed by atoms with van der Waals surface area (Å²) in [6.07, 6.45) is 1.36. The third-order valence-corrected chi connectivity index (χ3v) is 7.43. The van der Waals surface area contributed by atoms with Crippen LogP contribution in [0.5, 0.6) is 5.75 Å². The van der Waals surface area contributed by atoms with Gasteiger partial charge in [-0.05, 0) is 54.6 Å². The van der Waals surface area contributed by atoms with Gasteiger partial charge in [-0.15, -0.1) is 0 Å². The van der Waals surface area contributed by atoms with Gasteiger partial charge >= 0.3 is 0 Å². The number of sulfone groups is 1. The molecule has 4 aromatic rings. The minimum absolute atomic E-state index is 0.0119. The first-order valence-electron chi connectivity index (χ1n) is 8.69. The Morgan fingerprint density at radius 2 is 1.69 bits per heavy atom. The van der Waals surface area contributed by atoms with Gasteiger partial charge in [0.1, 0.15) is 16.5 Å². The number of nitrogens with zero attached hydrogens (tertiary/aromatic N) is 1. The largest absolute Gasteiger partial charge is 0.497 e. The number of fused-ring (bicyclic) bond motifs is 1. The van der Waals surface area contributed by atoms with Crippen molar-refractivity contribution < 1.29 is 17.5 Å². The number of rotatable bonds is 5. The molecule has 0 atom stereocenters. The minimum atomic E-state index is -3.91. The molecule has 0 aliphatic carbocycles. The van der Waals surface area contributed by atoms with E-state index in [4.69, 9.17) is 4.74 Å². The summed E-state index contributed by atoms with van der Waals surface area (Å²) in [6, 6.07) is 19.6. The van der Waals surface area contributed by atoms with Crippen LogP contribution in [-0.4, -0.2) is 20.5 Å². The Hall–Kier alpha value is -2.90. The molecule has 1 aromatic heterocycles. The Bertz CT molecular complexity index is 1270. The monoisotopic (exact) mass is 425 g/mol. The van der Waals surface area contributed by atoms with Crippen molar-refractivity contribution in [2.24, 2.45) is 0 Å². The molecule has 0 fully saturated rings. The summed E-state index contributed by atoms with van der Waals surface area (Å²) in [5.74, 6) is 0.106. The quantitative estimate of drug-likeness (QED) is 0.403. The van der Waals surface area contributed by atoms with Gasteiger partial charge in [-0.25, -0.2) is 12.8 Å². The molecule has 0 spiro atoms. The normalized spacial score (nSPS) is 11.5. The van der Waals surface area contributed by atoms with Crippen LogP contribution in [0, 0.1) is 5.82 Å². The second-order valence-corrected chi connectivity index (χ2v) is 9.21. The number of hydrogen-bond donors (Lipinski definition) is 0. The molecule has 0 saturated heterocycles. The summed E-state index contributed by atoms with van der Waals surface area (Å²) in [5.41, 5.74) is 0.655. The van der Waals surface area contributed by atoms with E-state index < -0.39 is 15.7 Å². The highest BCUT2D eigenvalue weighted by molar-refractivity contribution is 8.00. The summed E-state index contributed by atoms with van der Waals surface area (Å²) in [6.45, 7) is 0. The van der Waals surface area contributed by atoms with Crippen molar-refractivity contribution in [3.8, 4) is 5.75 Å². The van der Waals surface area contributed by atoms with Gasteiger partial charge in [0, 0.05) is 21.4 Å². The van der Waals surface area contributed by atoms with E-state index in [0.717, 1.165) is 17.0 Å². The molecule has 0 aliphatic rings. The molecule has 29 heavy (non-hydrogen) atoms. The number of halogens is 1. The van der Waals surface area contributed by atoms with Crippen LogP contribution in [0.15, 0.2) is 98.6 Å². The number of hydrogen-bond acceptors (Lipinski definition) is 5. The van der Waals surface area contributed by atoms with Gasteiger partial charge < -0.3 is 4.74 Å². The zero-order valence-corrected chi connectivity index (χ0v) is 17.0. The van der Waals surface area contributed by atoms with Gasteiger partial charge in [0.25, 0.3) is 0 Å². The van der Waals surface area contributed by atoms with E-state index >= 15 is 0 Å². The fourth-order valence-electron chi connectivity index (χ4n) is 2.90. The highest BCUT2D eigenvalue weighted by Crippen LogP contribution is 2.40. The van der Waals surface area contributed by atoms with Crippen LogP contribution in [0.2, 0.25) is 0 Å². The van der Waals surface area contributed by atoms with Gasteiger partial charge in [0.05, 0.1) is 17.5 Å². The lowest BCUT2D eigenvalue weighted by Gasteiger charge is -2.14. The van der Waals surface area contributed by atoms with E-state index in [1.54, 1.807) is 25.3 Å². The highest BCUT2D eigenvalue weighted by atomic mass is 32.2. The molecule has 0 unspecified atom stereocenters. The molecule has 4 rings (SSSR count). The van der Waals surface area contributed by atoms with Crippen molar-refractivity contribution in [1.82, 2.24) is 4.98 Å². The van der Waals surface area contributed by atoms with Crippen LogP contribution >= 0.6 is 11.8 Å². The van der Waals surface area contributed by atoms with Gasteiger partial charge in [-0.1, -0.05) is 30.0 Å². The molecule has 3 aromatic carbocycles. The van der Waals surface area contributed by atoms with Crippen LogP contribution in [0.4, 0.5) is 4.39 Å². The van der Waals surface area contributed by atoms with Gasteiger partial charge in [-0.2, -0.15) is 0 Å². The van der Waals surface area contributed by atoms with E-state index in [9.17, 15) is 12.8 Å². The summed E-state index contributed by atoms with van der Waals surface area (Å²) in [7, 11) is -2.36. The summed E-state index contributed by atoms with van der Waals surface area (Å²) in [4.78, 5) is 5.86. The van der Waals surface area contributed by atoms with Crippen molar-refractivity contribution in [2.45, 2.75) is 19.6 Å². The van der Waals surface area contributed by atoms with E-state index in [0.29, 0.717) is 21.5 Å². The molecule has 0 bridgehead atoms. The average Bonchev–Trinajstić information content (AvgIpc) is 2.74. The molecule has 0 radical (unpaired) electrons. The molecule has 0 amide bonds. The first kappa shape index (κ1) is 19.4. The number of methoxy groups -OCH3 is 1. The third-order valence-electron chi connectivity index (χ3n) is 4.37. The van der Waals surface area contributed by atoms with Crippen LogP contribution in [0.25, 0.3) is 10.9 Å². The highest BCUT2D eigenvalue weighted by Gasteiger charge is 2.25. The minimum Gasteiger partial charge on any atom is -0.497 e. The molecular weight excluding hydrogens is 409 g/mol. The molecule has 7 heteroatoms. The lowest BCUT2D eigenvalue weighted by molar-refractivity contribution is 0.415. The van der Waals surface area contributed by atoms with Crippen LogP contribution in [-0.2, 0) is 9.84 Å². The van der Waals surface area contributed by atoms with Crippen molar-refractivity contribution >= 4 is 32.5 Å². The van der Waals surface area contributed by atoms with Crippen molar-refractivity contribution in [1.29, 1.82) is 0 Å². The Kier molecular flexibility index (Phi) is 5.25. The average molecular weight is 426 g/mol. The molecule has 4 nitrogen and oxygen atoms in total. The second kappa shape index (κ2) is 7.85. The fourth-order valence-corrected chi connectivity index (χ4v) is 5.60. The summed E-state index contributed by atoms with van der Waals surface area (Å²) in [5, 5.41) is 0.668.